The van der Waals surface area contributed by atoms with Crippen LogP contribution in [-0.4, -0.2) is 41.8 Å². The molecule has 0 saturated carbocycles. The Balaban J connectivity index is 1.78. The number of likely N-dealkylation sites (tertiary alicyclic amines) is 1. The number of piperidine rings is 1. The molecule has 3 heteroatoms. The van der Waals surface area contributed by atoms with Gasteiger partial charge in [-0.05, 0) is 42.0 Å². The molecule has 0 amide bonds. The van der Waals surface area contributed by atoms with Crippen LogP contribution < -0.4 is 4.74 Å². The van der Waals surface area contributed by atoms with Gasteiger partial charge in [0.25, 0.3) is 0 Å². The predicted molar refractivity (Wildman–Crippen MR) is 94.4 cm³/mol. The van der Waals surface area contributed by atoms with E-state index in [4.69, 9.17) is 4.74 Å². The summed E-state index contributed by atoms with van der Waals surface area (Å²) < 4.78 is 6.50. The number of ether oxygens (including phenoxy) is 1. The van der Waals surface area contributed by atoms with Crippen molar-refractivity contribution >= 4 is 0 Å². The van der Waals surface area contributed by atoms with E-state index in [1.807, 2.05) is 6.08 Å². The standard InChI is InChI=1S/C21H23NO2/c1-3-9-22-10-8-21-16-7-6-15(12-23)20(21)24-19-13(2)4-5-14(18(19)21)11-17(16)22/h3-7,17,20,23H,1,8-12H2,2H3/t17-,20?,21+/m0/s1. The van der Waals surface area contributed by atoms with Crippen LogP contribution in [0.15, 0.2) is 48.1 Å². The molecule has 1 aromatic carbocycles. The van der Waals surface area contributed by atoms with Crippen molar-refractivity contribution in [2.24, 2.45) is 0 Å². The van der Waals surface area contributed by atoms with Crippen LogP contribution in [-0.2, 0) is 11.8 Å². The highest BCUT2D eigenvalue weighted by Gasteiger charge is 2.61. The van der Waals surface area contributed by atoms with Gasteiger partial charge in [0.05, 0.1) is 12.0 Å². The maximum Gasteiger partial charge on any atom is 0.136 e. The highest BCUT2D eigenvalue weighted by atomic mass is 16.5. The SMILES string of the molecule is C=CCN1CC[C@]23C4=CC=C(CO)C2Oc2c(C)ccc(c23)C[C@@H]41. The van der Waals surface area contributed by atoms with Gasteiger partial charge in [-0.3, -0.25) is 4.90 Å². The summed E-state index contributed by atoms with van der Waals surface area (Å²) in [4.78, 5) is 2.54. The monoisotopic (exact) mass is 321 g/mol. The number of aliphatic hydroxyl groups is 1. The van der Waals surface area contributed by atoms with Crippen LogP contribution in [0.25, 0.3) is 0 Å². The van der Waals surface area contributed by atoms with Crippen LogP contribution in [0.2, 0.25) is 0 Å². The molecule has 2 aliphatic heterocycles. The third kappa shape index (κ3) is 1.55. The van der Waals surface area contributed by atoms with Crippen LogP contribution in [0.5, 0.6) is 5.75 Å². The number of nitrogens with zero attached hydrogens (tertiary/aromatic N) is 1. The minimum Gasteiger partial charge on any atom is -0.484 e. The van der Waals surface area contributed by atoms with Crippen molar-refractivity contribution in [1.29, 1.82) is 0 Å². The highest BCUT2D eigenvalue weighted by Crippen LogP contribution is 2.61. The Morgan fingerprint density at radius 3 is 3.08 bits per heavy atom. The number of rotatable bonds is 3. The first kappa shape index (κ1) is 14.5. The van der Waals surface area contributed by atoms with Gasteiger partial charge in [0.1, 0.15) is 11.9 Å². The van der Waals surface area contributed by atoms with Crippen LogP contribution >= 0.6 is 0 Å². The number of aliphatic hydroxyl groups excluding tert-OH is 1. The van der Waals surface area contributed by atoms with E-state index < -0.39 is 0 Å². The minimum atomic E-state index is -0.0654. The van der Waals surface area contributed by atoms with Gasteiger partial charge in [-0.2, -0.15) is 0 Å². The van der Waals surface area contributed by atoms with E-state index in [0.29, 0.717) is 6.04 Å². The van der Waals surface area contributed by atoms with Gasteiger partial charge in [-0.15, -0.1) is 6.58 Å². The van der Waals surface area contributed by atoms with Gasteiger partial charge < -0.3 is 9.84 Å². The van der Waals surface area contributed by atoms with Gasteiger partial charge in [-0.25, -0.2) is 0 Å². The van der Waals surface area contributed by atoms with Crippen molar-refractivity contribution in [1.82, 2.24) is 4.90 Å². The second-order valence-corrected chi connectivity index (χ2v) is 7.49. The summed E-state index contributed by atoms with van der Waals surface area (Å²) in [6, 6.07) is 4.90. The molecule has 1 N–H and O–H groups in total. The highest BCUT2D eigenvalue weighted by molar-refractivity contribution is 5.66. The van der Waals surface area contributed by atoms with Crippen LogP contribution in [0.1, 0.15) is 23.1 Å². The quantitative estimate of drug-likeness (QED) is 0.869. The third-order valence-electron chi connectivity index (χ3n) is 6.45. The van der Waals surface area contributed by atoms with E-state index >= 15 is 0 Å². The lowest BCUT2D eigenvalue weighted by Crippen LogP contribution is -2.59. The van der Waals surface area contributed by atoms with E-state index in [0.717, 1.165) is 37.3 Å². The lowest BCUT2D eigenvalue weighted by Gasteiger charge is -2.53. The Morgan fingerprint density at radius 2 is 2.29 bits per heavy atom. The molecule has 3 nitrogen and oxygen atoms in total. The number of hydrogen-bond acceptors (Lipinski definition) is 3. The summed E-state index contributed by atoms with van der Waals surface area (Å²) in [5.74, 6) is 1.07. The van der Waals surface area contributed by atoms with Crippen molar-refractivity contribution < 1.29 is 9.84 Å². The first-order chi connectivity index (χ1) is 11.7. The van der Waals surface area contributed by atoms with Crippen molar-refractivity contribution in [2.75, 3.05) is 19.7 Å². The van der Waals surface area contributed by atoms with Gasteiger partial charge >= 0.3 is 0 Å². The fourth-order valence-electron chi connectivity index (χ4n) is 5.46. The van der Waals surface area contributed by atoms with Crippen molar-refractivity contribution in [3.63, 3.8) is 0 Å². The van der Waals surface area contributed by atoms with E-state index in [1.165, 1.54) is 22.3 Å². The molecule has 0 radical (unpaired) electrons. The zero-order chi connectivity index (χ0) is 16.5. The average Bonchev–Trinajstić information content (AvgIpc) is 2.94. The number of allylic oxidation sites excluding steroid dienone is 2. The summed E-state index contributed by atoms with van der Waals surface area (Å²) in [6.07, 6.45) is 8.43. The molecule has 1 aromatic rings. The lowest BCUT2D eigenvalue weighted by molar-refractivity contribution is 0.0965. The first-order valence-corrected chi connectivity index (χ1v) is 8.87. The molecular formula is C21H23NO2. The Hall–Kier alpha value is -1.84. The molecular weight excluding hydrogens is 298 g/mol. The van der Waals surface area contributed by atoms with Gasteiger partial charge in [0.15, 0.2) is 0 Å². The number of hydrogen-bond donors (Lipinski definition) is 1. The molecule has 24 heavy (non-hydrogen) atoms. The van der Waals surface area contributed by atoms with Crippen molar-refractivity contribution in [3.8, 4) is 5.75 Å². The van der Waals surface area contributed by atoms with Gasteiger partial charge in [0.2, 0.25) is 0 Å². The summed E-state index contributed by atoms with van der Waals surface area (Å²) in [7, 11) is 0. The molecule has 124 valence electrons. The molecule has 3 atom stereocenters. The Morgan fingerprint density at radius 1 is 1.42 bits per heavy atom. The molecule has 1 fully saturated rings. The molecule has 2 heterocycles. The Kier molecular flexibility index (Phi) is 2.92. The molecule has 2 bridgehead atoms. The smallest absolute Gasteiger partial charge is 0.136 e. The second kappa shape index (κ2) is 4.84. The third-order valence-corrected chi connectivity index (χ3v) is 6.45. The normalized spacial score (nSPS) is 32.6. The fraction of sp³-hybridized carbons (Fsp3) is 0.429. The number of aryl methyl sites for hydroxylation is 1. The lowest BCUT2D eigenvalue weighted by atomic mass is 9.56. The van der Waals surface area contributed by atoms with Crippen molar-refractivity contribution in [3.05, 3.63) is 64.8 Å². The minimum absolute atomic E-state index is 0.0361. The Bertz CT molecular complexity index is 806. The topological polar surface area (TPSA) is 32.7 Å². The van der Waals surface area contributed by atoms with Crippen molar-refractivity contribution in [2.45, 2.75) is 37.3 Å². The maximum atomic E-state index is 9.89. The fourth-order valence-corrected chi connectivity index (χ4v) is 5.46. The van der Waals surface area contributed by atoms with E-state index in [2.05, 4.69) is 42.7 Å². The zero-order valence-corrected chi connectivity index (χ0v) is 14.1. The summed E-state index contributed by atoms with van der Waals surface area (Å²) in [6.45, 7) is 8.12. The van der Waals surface area contributed by atoms with Crippen LogP contribution in [0.3, 0.4) is 0 Å². The van der Waals surface area contributed by atoms with Gasteiger partial charge in [-0.1, -0.05) is 30.4 Å². The van der Waals surface area contributed by atoms with E-state index in [1.54, 1.807) is 0 Å². The molecule has 5 rings (SSSR count). The molecule has 2 aliphatic carbocycles. The van der Waals surface area contributed by atoms with Gasteiger partial charge in [0, 0.05) is 24.7 Å². The number of benzene rings is 1. The second-order valence-electron chi connectivity index (χ2n) is 7.49. The molecule has 1 unspecified atom stereocenters. The Labute approximate surface area is 142 Å². The first-order valence-electron chi connectivity index (χ1n) is 8.87. The average molecular weight is 321 g/mol. The van der Waals surface area contributed by atoms with E-state index in [-0.39, 0.29) is 18.1 Å². The van der Waals surface area contributed by atoms with E-state index in [9.17, 15) is 5.11 Å². The molecule has 4 aliphatic rings. The largest absolute Gasteiger partial charge is 0.484 e. The summed E-state index contributed by atoms with van der Waals surface area (Å²) >= 11 is 0. The van der Waals surface area contributed by atoms with Crippen LogP contribution in [0.4, 0.5) is 0 Å². The summed E-state index contributed by atoms with van der Waals surface area (Å²) in [5, 5.41) is 9.89. The maximum absolute atomic E-state index is 9.89. The van der Waals surface area contributed by atoms with Crippen LogP contribution in [0, 0.1) is 6.92 Å². The molecule has 1 saturated heterocycles. The molecule has 0 aromatic heterocycles. The predicted octanol–water partition coefficient (Wildman–Crippen LogP) is 2.67. The molecule has 1 spiro atoms. The zero-order valence-electron chi connectivity index (χ0n) is 14.1. The summed E-state index contributed by atoms with van der Waals surface area (Å²) in [5.41, 5.74) is 6.47.